The van der Waals surface area contributed by atoms with Gasteiger partial charge in [0.05, 0.1) is 5.92 Å². The summed E-state index contributed by atoms with van der Waals surface area (Å²) in [4.78, 5) is 21.0. The minimum Gasteiger partial charge on any atom is -0.340 e. The summed E-state index contributed by atoms with van der Waals surface area (Å²) in [5.74, 6) is 0.0111. The van der Waals surface area contributed by atoms with Crippen LogP contribution in [0.2, 0.25) is 0 Å². The Hall–Kier alpha value is -4.44. The fourth-order valence-electron chi connectivity index (χ4n) is 4.50. The number of carbonyl (C=O) groups excluding carboxylic acids is 1. The van der Waals surface area contributed by atoms with Crippen LogP contribution in [-0.2, 0) is 0 Å². The summed E-state index contributed by atoms with van der Waals surface area (Å²) in [6.45, 7) is 2.55. The Bertz CT molecular complexity index is 1360. The number of aromatic nitrogens is 2. The molecule has 1 aromatic heterocycles. The highest BCUT2D eigenvalue weighted by molar-refractivity contribution is 5.99. The molecule has 0 bridgehead atoms. The van der Waals surface area contributed by atoms with Crippen molar-refractivity contribution in [1.82, 2.24) is 9.55 Å². The van der Waals surface area contributed by atoms with Crippen molar-refractivity contribution in [2.24, 2.45) is 0 Å². The number of hydrogen-bond acceptors (Lipinski definition) is 3. The van der Waals surface area contributed by atoms with Crippen LogP contribution >= 0.6 is 0 Å². The van der Waals surface area contributed by atoms with Crippen LogP contribution in [0.15, 0.2) is 128 Å². The van der Waals surface area contributed by atoms with Gasteiger partial charge >= 0.3 is 0 Å². The lowest BCUT2D eigenvalue weighted by Gasteiger charge is -2.30. The van der Waals surface area contributed by atoms with E-state index >= 15 is 0 Å². The average Bonchev–Trinajstić information content (AvgIpc) is 3.41. The number of imidazole rings is 1. The predicted molar refractivity (Wildman–Crippen MR) is 142 cm³/mol. The van der Waals surface area contributed by atoms with E-state index in [1.54, 1.807) is 6.20 Å². The summed E-state index contributed by atoms with van der Waals surface area (Å²) in [5, 5.41) is 0. The molecule has 1 atom stereocenters. The highest BCUT2D eigenvalue weighted by atomic mass is 16.1. The van der Waals surface area contributed by atoms with Crippen LogP contribution in [0.1, 0.15) is 27.7 Å². The van der Waals surface area contributed by atoms with Crippen molar-refractivity contribution in [3.63, 3.8) is 0 Å². The van der Waals surface area contributed by atoms with Crippen molar-refractivity contribution in [3.8, 4) is 5.69 Å². The second kappa shape index (κ2) is 10.2. The molecule has 1 heterocycles. The molecular formula is C31H27N3O. The van der Waals surface area contributed by atoms with E-state index in [-0.39, 0.29) is 5.78 Å². The number of anilines is 2. The Balaban J connectivity index is 1.61. The third-order valence-corrected chi connectivity index (χ3v) is 6.28. The van der Waals surface area contributed by atoms with Crippen molar-refractivity contribution in [1.29, 1.82) is 0 Å². The number of ketones is 1. The summed E-state index contributed by atoms with van der Waals surface area (Å²) >= 11 is 0. The van der Waals surface area contributed by atoms with Gasteiger partial charge in [0.2, 0.25) is 5.78 Å². The predicted octanol–water partition coefficient (Wildman–Crippen LogP) is 6.99. The fraction of sp³-hybridized carbons (Fsp3) is 0.0968. The first-order valence-electron chi connectivity index (χ1n) is 11.8. The number of rotatable bonds is 8. The fourth-order valence-corrected chi connectivity index (χ4v) is 4.50. The van der Waals surface area contributed by atoms with Crippen molar-refractivity contribution in [2.45, 2.75) is 12.8 Å². The number of para-hydroxylation sites is 3. The number of nitrogens with zero attached hydrogens (tertiary/aromatic N) is 3. The SMILES string of the molecule is Cc1ccccc1[C@H](CN(c1ccccc1)c1ccccc1)C(=O)c1nccn1-c1ccccc1. The third-order valence-electron chi connectivity index (χ3n) is 6.28. The van der Waals surface area contributed by atoms with Crippen molar-refractivity contribution >= 4 is 17.2 Å². The minimum atomic E-state index is -0.415. The monoisotopic (exact) mass is 457 g/mol. The zero-order valence-electron chi connectivity index (χ0n) is 19.7. The third kappa shape index (κ3) is 4.78. The van der Waals surface area contributed by atoms with Crippen LogP contribution in [0.3, 0.4) is 0 Å². The van der Waals surface area contributed by atoms with E-state index in [0.717, 1.165) is 28.2 Å². The van der Waals surface area contributed by atoms with Gasteiger partial charge in [-0.15, -0.1) is 0 Å². The van der Waals surface area contributed by atoms with E-state index < -0.39 is 5.92 Å². The Kier molecular flexibility index (Phi) is 6.53. The molecule has 0 unspecified atom stereocenters. The van der Waals surface area contributed by atoms with Gasteiger partial charge in [-0.1, -0.05) is 78.9 Å². The van der Waals surface area contributed by atoms with Crippen LogP contribution < -0.4 is 4.90 Å². The lowest BCUT2D eigenvalue weighted by Crippen LogP contribution is -2.30. The second-order valence-electron chi connectivity index (χ2n) is 8.51. The average molecular weight is 458 g/mol. The largest absolute Gasteiger partial charge is 0.340 e. The van der Waals surface area contributed by atoms with Crippen LogP contribution in [0.4, 0.5) is 11.4 Å². The molecule has 172 valence electrons. The van der Waals surface area contributed by atoms with Crippen LogP contribution in [0, 0.1) is 6.92 Å². The Morgan fingerprint density at radius 2 is 1.31 bits per heavy atom. The maximum absolute atomic E-state index is 14.2. The van der Waals surface area contributed by atoms with Gasteiger partial charge in [0.1, 0.15) is 0 Å². The molecule has 0 fully saturated rings. The quantitative estimate of drug-likeness (QED) is 0.236. The summed E-state index contributed by atoms with van der Waals surface area (Å²) in [6, 6.07) is 38.5. The molecule has 4 nitrogen and oxygen atoms in total. The van der Waals surface area contributed by atoms with E-state index in [0.29, 0.717) is 12.4 Å². The summed E-state index contributed by atoms with van der Waals surface area (Å²) in [7, 11) is 0. The van der Waals surface area contributed by atoms with Crippen molar-refractivity contribution in [3.05, 3.63) is 145 Å². The summed E-state index contributed by atoms with van der Waals surface area (Å²) < 4.78 is 1.88. The minimum absolute atomic E-state index is 0.00925. The Labute approximate surface area is 206 Å². The van der Waals surface area contributed by atoms with Gasteiger partial charge in [-0.2, -0.15) is 0 Å². The molecule has 0 saturated carbocycles. The maximum atomic E-state index is 14.2. The van der Waals surface area contributed by atoms with Gasteiger partial charge in [0, 0.05) is 36.0 Å². The molecule has 5 rings (SSSR count). The molecule has 35 heavy (non-hydrogen) atoms. The van der Waals surface area contributed by atoms with Crippen LogP contribution in [0.5, 0.6) is 0 Å². The lowest BCUT2D eigenvalue weighted by molar-refractivity contribution is 0.0950. The van der Waals surface area contributed by atoms with E-state index in [2.05, 4.69) is 53.2 Å². The highest BCUT2D eigenvalue weighted by Gasteiger charge is 2.30. The van der Waals surface area contributed by atoms with E-state index in [1.807, 2.05) is 89.6 Å². The lowest BCUT2D eigenvalue weighted by atomic mass is 9.89. The van der Waals surface area contributed by atoms with E-state index in [9.17, 15) is 4.79 Å². The summed E-state index contributed by atoms with van der Waals surface area (Å²) in [5.41, 5.74) is 5.09. The molecule has 5 aromatic rings. The number of Topliss-reactive ketones (excluding diaryl/α,β-unsaturated/α-hetero) is 1. The smallest absolute Gasteiger partial charge is 0.207 e. The Morgan fingerprint density at radius 3 is 1.91 bits per heavy atom. The normalized spacial score (nSPS) is 11.7. The molecular weight excluding hydrogens is 430 g/mol. The van der Waals surface area contributed by atoms with Crippen LogP contribution in [0.25, 0.3) is 5.69 Å². The first-order chi connectivity index (χ1) is 17.2. The number of benzene rings is 4. The van der Waals surface area contributed by atoms with Gasteiger partial charge in [-0.05, 0) is 54.4 Å². The first-order valence-corrected chi connectivity index (χ1v) is 11.8. The second-order valence-corrected chi connectivity index (χ2v) is 8.51. The van der Waals surface area contributed by atoms with E-state index in [1.165, 1.54) is 0 Å². The topological polar surface area (TPSA) is 38.1 Å². The van der Waals surface area contributed by atoms with E-state index in [4.69, 9.17) is 0 Å². The molecule has 0 N–H and O–H groups in total. The molecule has 0 amide bonds. The van der Waals surface area contributed by atoms with Gasteiger partial charge in [-0.3, -0.25) is 9.36 Å². The molecule has 0 aliphatic rings. The van der Waals surface area contributed by atoms with Gasteiger partial charge < -0.3 is 4.90 Å². The van der Waals surface area contributed by atoms with Gasteiger partial charge in [-0.25, -0.2) is 4.98 Å². The Morgan fingerprint density at radius 1 is 0.771 bits per heavy atom. The molecule has 0 aliphatic heterocycles. The summed E-state index contributed by atoms with van der Waals surface area (Å²) in [6.07, 6.45) is 3.55. The van der Waals surface area contributed by atoms with Crippen molar-refractivity contribution in [2.75, 3.05) is 11.4 Å². The number of hydrogen-bond donors (Lipinski definition) is 0. The van der Waals surface area contributed by atoms with Crippen LogP contribution in [-0.4, -0.2) is 21.9 Å². The zero-order valence-corrected chi connectivity index (χ0v) is 19.7. The molecule has 4 aromatic carbocycles. The maximum Gasteiger partial charge on any atom is 0.207 e. The van der Waals surface area contributed by atoms with Crippen molar-refractivity contribution < 1.29 is 4.79 Å². The standard InChI is InChI=1S/C31H27N3O/c1-24-13-11-12-20-28(24)29(30(35)31-32-21-22-33(31)25-14-5-2-6-15-25)23-34(26-16-7-3-8-17-26)27-18-9-4-10-19-27/h2-22,29H,23H2,1H3/t29-/m0/s1. The molecule has 0 radical (unpaired) electrons. The molecule has 0 saturated heterocycles. The molecule has 0 aliphatic carbocycles. The number of aryl methyl sites for hydroxylation is 1. The zero-order chi connectivity index (χ0) is 24.0. The van der Waals surface area contributed by atoms with Gasteiger partial charge in [0.15, 0.2) is 5.82 Å². The molecule has 0 spiro atoms. The number of carbonyl (C=O) groups is 1. The highest BCUT2D eigenvalue weighted by Crippen LogP contribution is 2.32. The van der Waals surface area contributed by atoms with Gasteiger partial charge in [0.25, 0.3) is 0 Å². The first kappa shape index (κ1) is 22.4. The molecule has 4 heteroatoms.